The Labute approximate surface area is 91.7 Å². The Morgan fingerprint density at radius 2 is 1.80 bits per heavy atom. The largest absolute Gasteiger partial charge is 0.213 e. The zero-order valence-corrected chi connectivity index (χ0v) is 9.89. The molecule has 0 amide bonds. The fraction of sp³-hybridized carbons (Fsp3) is 0.909. The first-order valence-electron chi connectivity index (χ1n) is 5.78. The lowest BCUT2D eigenvalue weighted by atomic mass is 9.53. The maximum absolute atomic E-state index is 11.4. The molecule has 0 aliphatic heterocycles. The summed E-state index contributed by atoms with van der Waals surface area (Å²) >= 11 is 0. The van der Waals surface area contributed by atoms with Crippen LogP contribution in [0.2, 0.25) is 0 Å². The van der Waals surface area contributed by atoms with Gasteiger partial charge >= 0.3 is 0 Å². The van der Waals surface area contributed by atoms with Crippen LogP contribution < -0.4 is 4.72 Å². The minimum Gasteiger partial charge on any atom is -0.213 e. The summed E-state index contributed by atoms with van der Waals surface area (Å²) in [6.45, 7) is 0. The van der Waals surface area contributed by atoms with Gasteiger partial charge in [-0.3, -0.25) is 0 Å². The molecule has 4 bridgehead atoms. The van der Waals surface area contributed by atoms with Gasteiger partial charge in [0, 0.05) is 5.54 Å². The van der Waals surface area contributed by atoms with Gasteiger partial charge in [0.1, 0.15) is 0 Å². The Bertz CT molecular complexity index is 339. The number of rotatable bonds is 2. The molecular formula is C11H18NO2S. The summed E-state index contributed by atoms with van der Waals surface area (Å²) in [6, 6.07) is 0. The third-order valence-electron chi connectivity index (χ3n) is 4.20. The van der Waals surface area contributed by atoms with Gasteiger partial charge < -0.3 is 0 Å². The van der Waals surface area contributed by atoms with Crippen molar-refractivity contribution in [3.63, 3.8) is 0 Å². The van der Waals surface area contributed by atoms with E-state index in [-0.39, 0.29) is 5.54 Å². The van der Waals surface area contributed by atoms with Crippen molar-refractivity contribution in [3.05, 3.63) is 6.42 Å². The zero-order chi connectivity index (χ0) is 10.7. The van der Waals surface area contributed by atoms with Gasteiger partial charge in [0.25, 0.3) is 0 Å². The van der Waals surface area contributed by atoms with E-state index >= 15 is 0 Å². The van der Waals surface area contributed by atoms with E-state index in [1.165, 1.54) is 19.1 Å². The van der Waals surface area contributed by atoms with Gasteiger partial charge in [-0.15, -0.1) is 0 Å². The van der Waals surface area contributed by atoms with Gasteiger partial charge in [-0.2, -0.15) is 0 Å². The highest BCUT2D eigenvalue weighted by Gasteiger charge is 2.51. The van der Waals surface area contributed by atoms with Crippen LogP contribution in [0.5, 0.6) is 0 Å². The molecule has 4 fully saturated rings. The van der Waals surface area contributed by atoms with E-state index in [9.17, 15) is 8.42 Å². The maximum Gasteiger partial charge on any atom is 0.209 e. The Kier molecular flexibility index (Phi) is 2.00. The van der Waals surface area contributed by atoms with Crippen LogP contribution in [0.1, 0.15) is 32.1 Å². The van der Waals surface area contributed by atoms with E-state index in [2.05, 4.69) is 11.1 Å². The van der Waals surface area contributed by atoms with Crippen molar-refractivity contribution in [2.75, 3.05) is 6.26 Å². The van der Waals surface area contributed by atoms with Crippen molar-refractivity contribution in [2.24, 2.45) is 17.8 Å². The van der Waals surface area contributed by atoms with Crippen LogP contribution in [0.25, 0.3) is 0 Å². The summed E-state index contributed by atoms with van der Waals surface area (Å²) < 4.78 is 25.7. The fourth-order valence-electron chi connectivity index (χ4n) is 4.29. The van der Waals surface area contributed by atoms with E-state index in [0.29, 0.717) is 11.8 Å². The standard InChI is InChI=1S/C11H18NO2S/c1-15(13,14)12-11-5-8-2-9(6-11)4-10(3-8)7-11/h2,8-10,12H,3-7H2,1H3. The molecule has 0 heterocycles. The van der Waals surface area contributed by atoms with Gasteiger partial charge in [0.15, 0.2) is 0 Å². The van der Waals surface area contributed by atoms with E-state index in [4.69, 9.17) is 0 Å². The molecule has 4 saturated carbocycles. The van der Waals surface area contributed by atoms with Crippen LogP contribution in [0, 0.1) is 24.2 Å². The first-order valence-corrected chi connectivity index (χ1v) is 7.67. The number of hydrogen-bond donors (Lipinski definition) is 1. The van der Waals surface area contributed by atoms with Gasteiger partial charge in [-0.05, 0) is 56.3 Å². The highest BCUT2D eigenvalue weighted by molar-refractivity contribution is 7.88. The van der Waals surface area contributed by atoms with Crippen LogP contribution in [-0.2, 0) is 10.0 Å². The molecule has 1 N–H and O–H groups in total. The lowest BCUT2D eigenvalue weighted by Gasteiger charge is -2.56. The predicted molar refractivity (Wildman–Crippen MR) is 58.6 cm³/mol. The van der Waals surface area contributed by atoms with Gasteiger partial charge in [-0.1, -0.05) is 0 Å². The Balaban J connectivity index is 1.87. The zero-order valence-electron chi connectivity index (χ0n) is 9.07. The second-order valence-corrected chi connectivity index (χ2v) is 7.57. The molecule has 2 unspecified atom stereocenters. The van der Waals surface area contributed by atoms with Crippen LogP contribution >= 0.6 is 0 Å². The lowest BCUT2D eigenvalue weighted by Crippen LogP contribution is -2.59. The van der Waals surface area contributed by atoms with Gasteiger partial charge in [-0.25, -0.2) is 13.1 Å². The van der Waals surface area contributed by atoms with Crippen molar-refractivity contribution in [3.8, 4) is 0 Å². The van der Waals surface area contributed by atoms with Crippen LogP contribution in [0.15, 0.2) is 0 Å². The molecule has 0 spiro atoms. The van der Waals surface area contributed by atoms with Crippen molar-refractivity contribution < 1.29 is 8.42 Å². The summed E-state index contributed by atoms with van der Waals surface area (Å²) in [4.78, 5) is 0. The van der Waals surface area contributed by atoms with Gasteiger partial charge in [0.2, 0.25) is 10.0 Å². The second kappa shape index (κ2) is 2.98. The molecule has 4 heteroatoms. The molecule has 0 aromatic rings. The van der Waals surface area contributed by atoms with Crippen molar-refractivity contribution in [1.82, 2.24) is 4.72 Å². The topological polar surface area (TPSA) is 46.2 Å². The quantitative estimate of drug-likeness (QED) is 0.775. The maximum atomic E-state index is 11.4. The molecule has 85 valence electrons. The average molecular weight is 228 g/mol. The lowest BCUT2D eigenvalue weighted by molar-refractivity contribution is 0.0316. The summed E-state index contributed by atoms with van der Waals surface area (Å²) in [7, 11) is -3.05. The van der Waals surface area contributed by atoms with E-state index < -0.39 is 10.0 Å². The monoisotopic (exact) mass is 228 g/mol. The van der Waals surface area contributed by atoms with Crippen molar-refractivity contribution in [2.45, 2.75) is 37.6 Å². The summed E-state index contributed by atoms with van der Waals surface area (Å²) in [5.41, 5.74) is -0.0845. The number of hydrogen-bond acceptors (Lipinski definition) is 2. The minimum absolute atomic E-state index is 0.0845. The third kappa shape index (κ3) is 1.82. The molecule has 2 atom stereocenters. The molecule has 0 aromatic heterocycles. The van der Waals surface area contributed by atoms with Gasteiger partial charge in [0.05, 0.1) is 6.26 Å². The Morgan fingerprint density at radius 3 is 2.27 bits per heavy atom. The van der Waals surface area contributed by atoms with E-state index in [1.54, 1.807) is 0 Å². The Morgan fingerprint density at radius 1 is 1.20 bits per heavy atom. The fourth-order valence-corrected chi connectivity index (χ4v) is 5.33. The molecule has 1 radical (unpaired) electrons. The smallest absolute Gasteiger partial charge is 0.209 e. The van der Waals surface area contributed by atoms with Crippen molar-refractivity contribution >= 4 is 10.0 Å². The molecule has 4 aliphatic rings. The molecular weight excluding hydrogens is 210 g/mol. The number of nitrogens with one attached hydrogen (secondary N) is 1. The van der Waals surface area contributed by atoms with E-state index in [0.717, 1.165) is 25.2 Å². The van der Waals surface area contributed by atoms with E-state index in [1.807, 2.05) is 0 Å². The number of sulfonamides is 1. The SMILES string of the molecule is CS(=O)(=O)NC12CC3[CH]C(CC(C3)C1)C2. The molecule has 4 rings (SSSR count). The molecule has 4 aliphatic carbocycles. The molecule has 0 saturated heterocycles. The minimum atomic E-state index is -3.05. The average Bonchev–Trinajstić information content (AvgIpc) is 1.94. The first kappa shape index (κ1) is 10.1. The molecule has 15 heavy (non-hydrogen) atoms. The molecule has 3 nitrogen and oxygen atoms in total. The predicted octanol–water partition coefficient (Wildman–Crippen LogP) is 1.32. The highest BCUT2D eigenvalue weighted by Crippen LogP contribution is 2.55. The summed E-state index contributed by atoms with van der Waals surface area (Å²) in [5, 5.41) is 0. The van der Waals surface area contributed by atoms with Crippen LogP contribution in [-0.4, -0.2) is 20.2 Å². The van der Waals surface area contributed by atoms with Crippen molar-refractivity contribution in [1.29, 1.82) is 0 Å². The molecule has 0 aromatic carbocycles. The summed E-state index contributed by atoms with van der Waals surface area (Å²) in [6.07, 6.45) is 9.49. The Hall–Kier alpha value is -0.0900. The normalized spacial score (nSPS) is 48.5. The summed E-state index contributed by atoms with van der Waals surface area (Å²) in [5.74, 6) is 2.11. The van der Waals surface area contributed by atoms with Crippen LogP contribution in [0.4, 0.5) is 0 Å². The van der Waals surface area contributed by atoms with Crippen LogP contribution in [0.3, 0.4) is 0 Å². The second-order valence-electron chi connectivity index (χ2n) is 5.82. The third-order valence-corrected chi connectivity index (χ3v) is 5.01. The highest BCUT2D eigenvalue weighted by atomic mass is 32.2. The first-order chi connectivity index (χ1) is 6.94.